The Morgan fingerprint density at radius 1 is 1.45 bits per heavy atom. The number of nitriles is 1. The minimum atomic E-state index is -0.171. The summed E-state index contributed by atoms with van der Waals surface area (Å²) in [7, 11) is 1.84. The van der Waals surface area contributed by atoms with Crippen LogP contribution in [0.25, 0.3) is 0 Å². The number of aromatic nitrogens is 3. The molecule has 0 aliphatic rings. The molecule has 1 aromatic heterocycles. The van der Waals surface area contributed by atoms with Gasteiger partial charge in [0, 0.05) is 7.05 Å². The van der Waals surface area contributed by atoms with Gasteiger partial charge in [-0.1, -0.05) is 35.5 Å². The van der Waals surface area contributed by atoms with Crippen molar-refractivity contribution >= 4 is 23.4 Å². The largest absolute Gasteiger partial charge is 0.484 e. The van der Waals surface area contributed by atoms with E-state index in [1.54, 1.807) is 12.1 Å². The standard InChI is InChI=1S/C13H13ClN4OS/c1-9(7-15)20-13-17-16-12(18(13)2)8-19-11-6-4-3-5-10(11)14/h3-6,9H,8H2,1-2H3. The van der Waals surface area contributed by atoms with Gasteiger partial charge in [0.1, 0.15) is 12.4 Å². The van der Waals surface area contributed by atoms with Crippen LogP contribution >= 0.6 is 23.4 Å². The summed E-state index contributed by atoms with van der Waals surface area (Å²) in [5, 5.41) is 18.0. The number of hydrogen-bond acceptors (Lipinski definition) is 5. The zero-order chi connectivity index (χ0) is 14.5. The minimum Gasteiger partial charge on any atom is -0.484 e. The number of hydrogen-bond donors (Lipinski definition) is 0. The predicted octanol–water partition coefficient (Wildman–Crippen LogP) is 3.05. The lowest BCUT2D eigenvalue weighted by Gasteiger charge is -2.08. The maximum absolute atomic E-state index is 8.81. The van der Waals surface area contributed by atoms with Crippen molar-refractivity contribution in [3.63, 3.8) is 0 Å². The molecule has 1 heterocycles. The van der Waals surface area contributed by atoms with Crippen molar-refractivity contribution in [1.82, 2.24) is 14.8 Å². The molecule has 1 aromatic carbocycles. The second-order valence-corrected chi connectivity index (χ2v) is 5.78. The van der Waals surface area contributed by atoms with Crippen molar-refractivity contribution in [1.29, 1.82) is 5.26 Å². The lowest BCUT2D eigenvalue weighted by Crippen LogP contribution is -2.05. The Balaban J connectivity index is 2.04. The van der Waals surface area contributed by atoms with Gasteiger partial charge < -0.3 is 9.30 Å². The fourth-order valence-corrected chi connectivity index (χ4v) is 2.37. The van der Waals surface area contributed by atoms with Crippen LogP contribution in [0.1, 0.15) is 12.7 Å². The summed E-state index contributed by atoms with van der Waals surface area (Å²) in [6.07, 6.45) is 0. The Morgan fingerprint density at radius 2 is 2.20 bits per heavy atom. The number of nitrogens with zero attached hydrogens (tertiary/aromatic N) is 4. The Kier molecular flexibility index (Phi) is 4.88. The summed E-state index contributed by atoms with van der Waals surface area (Å²) in [4.78, 5) is 0. The Hall–Kier alpha value is -1.71. The summed E-state index contributed by atoms with van der Waals surface area (Å²) >= 11 is 7.38. The molecule has 20 heavy (non-hydrogen) atoms. The molecule has 1 atom stereocenters. The normalized spacial score (nSPS) is 11.9. The topological polar surface area (TPSA) is 63.7 Å². The van der Waals surface area contributed by atoms with E-state index >= 15 is 0 Å². The molecule has 5 nitrogen and oxygen atoms in total. The summed E-state index contributed by atoms with van der Waals surface area (Å²) < 4.78 is 7.43. The predicted molar refractivity (Wildman–Crippen MR) is 77.7 cm³/mol. The van der Waals surface area contributed by atoms with Gasteiger partial charge in [-0.05, 0) is 19.1 Å². The van der Waals surface area contributed by atoms with Crippen molar-refractivity contribution in [2.24, 2.45) is 7.05 Å². The van der Waals surface area contributed by atoms with Gasteiger partial charge in [-0.2, -0.15) is 5.26 Å². The van der Waals surface area contributed by atoms with Crippen LogP contribution in [0, 0.1) is 11.3 Å². The van der Waals surface area contributed by atoms with E-state index in [9.17, 15) is 0 Å². The smallest absolute Gasteiger partial charge is 0.192 e. The van der Waals surface area contributed by atoms with Gasteiger partial charge in [0.15, 0.2) is 11.0 Å². The molecule has 0 amide bonds. The molecule has 0 fully saturated rings. The van der Waals surface area contributed by atoms with Crippen LogP contribution in [0.3, 0.4) is 0 Å². The first kappa shape index (κ1) is 14.7. The SMILES string of the molecule is CC(C#N)Sc1nnc(COc2ccccc2Cl)n1C. The molecule has 0 radical (unpaired) electrons. The Bertz CT molecular complexity index is 638. The second-order valence-electron chi connectivity index (χ2n) is 4.07. The highest BCUT2D eigenvalue weighted by Gasteiger charge is 2.13. The molecule has 0 spiro atoms. The Labute approximate surface area is 126 Å². The van der Waals surface area contributed by atoms with E-state index in [2.05, 4.69) is 16.3 Å². The number of halogens is 1. The fourth-order valence-electron chi connectivity index (χ4n) is 1.46. The van der Waals surface area contributed by atoms with E-state index in [4.69, 9.17) is 21.6 Å². The molecule has 0 N–H and O–H groups in total. The molecule has 0 aliphatic heterocycles. The molecule has 2 rings (SSSR count). The van der Waals surface area contributed by atoms with E-state index in [1.807, 2.05) is 30.7 Å². The highest BCUT2D eigenvalue weighted by Crippen LogP contribution is 2.25. The quantitative estimate of drug-likeness (QED) is 0.794. The average Bonchev–Trinajstić information content (AvgIpc) is 2.79. The van der Waals surface area contributed by atoms with Crippen molar-refractivity contribution < 1.29 is 4.74 Å². The van der Waals surface area contributed by atoms with Crippen molar-refractivity contribution in [2.75, 3.05) is 0 Å². The van der Waals surface area contributed by atoms with Gasteiger partial charge in [0.2, 0.25) is 0 Å². The first-order valence-electron chi connectivity index (χ1n) is 5.93. The highest BCUT2D eigenvalue weighted by molar-refractivity contribution is 8.00. The highest BCUT2D eigenvalue weighted by atomic mass is 35.5. The number of benzene rings is 1. The van der Waals surface area contributed by atoms with Gasteiger partial charge in [-0.25, -0.2) is 0 Å². The summed E-state index contributed by atoms with van der Waals surface area (Å²) in [5.41, 5.74) is 0. The second kappa shape index (κ2) is 6.64. The summed E-state index contributed by atoms with van der Waals surface area (Å²) in [6, 6.07) is 9.41. The van der Waals surface area contributed by atoms with E-state index < -0.39 is 0 Å². The molecule has 7 heteroatoms. The minimum absolute atomic E-state index is 0.171. The van der Waals surface area contributed by atoms with E-state index in [0.717, 1.165) is 0 Å². The molecule has 1 unspecified atom stereocenters. The molecule has 0 saturated carbocycles. The molecular formula is C13H13ClN4OS. The third-order valence-corrected chi connectivity index (χ3v) is 3.92. The molecule has 104 valence electrons. The number of thioether (sulfide) groups is 1. The summed E-state index contributed by atoms with van der Waals surface area (Å²) in [6.45, 7) is 2.09. The monoisotopic (exact) mass is 308 g/mol. The molecular weight excluding hydrogens is 296 g/mol. The van der Waals surface area contributed by atoms with Gasteiger partial charge in [-0.3, -0.25) is 0 Å². The third kappa shape index (κ3) is 3.44. The van der Waals surface area contributed by atoms with Crippen molar-refractivity contribution in [2.45, 2.75) is 23.9 Å². The average molecular weight is 309 g/mol. The lowest BCUT2D eigenvalue weighted by molar-refractivity contribution is 0.290. The van der Waals surface area contributed by atoms with E-state index in [0.29, 0.717) is 21.8 Å². The van der Waals surface area contributed by atoms with Gasteiger partial charge in [0.05, 0.1) is 16.3 Å². The van der Waals surface area contributed by atoms with E-state index in [1.165, 1.54) is 11.8 Å². The summed E-state index contributed by atoms with van der Waals surface area (Å²) in [5.74, 6) is 1.29. The third-order valence-electron chi connectivity index (χ3n) is 2.58. The van der Waals surface area contributed by atoms with Crippen LogP contribution < -0.4 is 4.74 Å². The molecule has 0 bridgehead atoms. The molecule has 0 saturated heterocycles. The maximum Gasteiger partial charge on any atom is 0.192 e. The first-order chi connectivity index (χ1) is 9.61. The number of para-hydroxylation sites is 1. The van der Waals surface area contributed by atoms with Crippen molar-refractivity contribution in [3.05, 3.63) is 35.1 Å². The van der Waals surface area contributed by atoms with Crippen LogP contribution in [0.5, 0.6) is 5.75 Å². The fraction of sp³-hybridized carbons (Fsp3) is 0.308. The zero-order valence-electron chi connectivity index (χ0n) is 11.1. The first-order valence-corrected chi connectivity index (χ1v) is 7.19. The van der Waals surface area contributed by atoms with Gasteiger partial charge in [0.25, 0.3) is 0 Å². The Morgan fingerprint density at radius 3 is 2.90 bits per heavy atom. The van der Waals surface area contributed by atoms with Crippen LogP contribution in [-0.2, 0) is 13.7 Å². The van der Waals surface area contributed by atoms with Crippen LogP contribution in [-0.4, -0.2) is 20.0 Å². The zero-order valence-corrected chi connectivity index (χ0v) is 12.6. The number of rotatable bonds is 5. The van der Waals surface area contributed by atoms with Gasteiger partial charge in [-0.15, -0.1) is 10.2 Å². The molecule has 2 aromatic rings. The van der Waals surface area contributed by atoms with Crippen LogP contribution in [0.15, 0.2) is 29.4 Å². The lowest BCUT2D eigenvalue weighted by atomic mass is 10.3. The maximum atomic E-state index is 8.81. The van der Waals surface area contributed by atoms with E-state index in [-0.39, 0.29) is 11.9 Å². The molecule has 0 aliphatic carbocycles. The number of ether oxygens (including phenoxy) is 1. The van der Waals surface area contributed by atoms with Crippen LogP contribution in [0.4, 0.5) is 0 Å². The van der Waals surface area contributed by atoms with Crippen LogP contribution in [0.2, 0.25) is 5.02 Å². The van der Waals surface area contributed by atoms with Gasteiger partial charge >= 0.3 is 0 Å². The van der Waals surface area contributed by atoms with Crippen molar-refractivity contribution in [3.8, 4) is 11.8 Å².